The van der Waals surface area contributed by atoms with Gasteiger partial charge in [0.15, 0.2) is 11.4 Å². The number of carbonyl (C=O) groups excluding carboxylic acids is 4. The molecule has 8 rings (SSSR count). The molecule has 0 bridgehead atoms. The molecule has 2 aliphatic carbocycles. The van der Waals surface area contributed by atoms with Gasteiger partial charge in [0.05, 0.1) is 29.9 Å². The summed E-state index contributed by atoms with van der Waals surface area (Å²) in [6.45, 7) is 5.56. The summed E-state index contributed by atoms with van der Waals surface area (Å²) in [6.07, 6.45) is 1.16. The second-order valence-corrected chi connectivity index (χ2v) is 22.3. The van der Waals surface area contributed by atoms with Crippen LogP contribution in [0.3, 0.4) is 0 Å². The van der Waals surface area contributed by atoms with Gasteiger partial charge in [-0.15, -0.1) is 0 Å². The molecule has 15 nitrogen and oxygen atoms in total. The van der Waals surface area contributed by atoms with Gasteiger partial charge in [-0.3, -0.25) is 24.0 Å². The average Bonchev–Trinajstić information content (AvgIpc) is 3.87. The second kappa shape index (κ2) is 17.1. The molecule has 0 radical (unpaired) electrons. The third kappa shape index (κ3) is 9.65. The number of rotatable bonds is 8. The monoisotopic (exact) mass is 952 g/mol. The number of alkyl halides is 5. The van der Waals surface area contributed by atoms with Crippen molar-refractivity contribution in [2.75, 3.05) is 32.8 Å². The number of nitrogens with zero attached hydrogens (tertiary/aromatic N) is 3. The van der Waals surface area contributed by atoms with Crippen molar-refractivity contribution in [3.05, 3.63) is 41.6 Å². The molecule has 4 aliphatic heterocycles. The molecule has 362 valence electrons. The predicted octanol–water partition coefficient (Wildman–Crippen LogP) is 5.93. The number of carbonyl (C=O) groups is 4. The normalized spacial score (nSPS) is 29.3. The van der Waals surface area contributed by atoms with E-state index in [1.807, 2.05) is 6.08 Å². The van der Waals surface area contributed by atoms with Crippen molar-refractivity contribution in [3.63, 3.8) is 0 Å². The SMILES string of the molecule is CC(C)(C)OC(=O)N[C@H]1CCCCC/C=C\[C@@H]2CC[C@@]2(C(=O)NS(=O)(=O)C2(C)CC2)NC(=O)[C@@H]2C[C@]3(CCc4c(c(C(F)(F)F)nc5ccc(OCCN6CC(F)(F)C6)cc45)O3)CN2C1=O. The van der Waals surface area contributed by atoms with E-state index in [1.54, 1.807) is 26.8 Å². The molecule has 66 heavy (non-hydrogen) atoms. The molecule has 1 aromatic carbocycles. The first-order valence-electron chi connectivity index (χ1n) is 22.6. The lowest BCUT2D eigenvalue weighted by Gasteiger charge is -2.48. The van der Waals surface area contributed by atoms with Gasteiger partial charge in [0.2, 0.25) is 21.8 Å². The van der Waals surface area contributed by atoms with Gasteiger partial charge >= 0.3 is 12.3 Å². The van der Waals surface area contributed by atoms with Crippen LogP contribution < -0.4 is 24.8 Å². The van der Waals surface area contributed by atoms with E-state index in [-0.39, 0.29) is 68.6 Å². The number of amides is 4. The van der Waals surface area contributed by atoms with Gasteiger partial charge < -0.3 is 29.7 Å². The maximum atomic E-state index is 15.0. The number of sulfonamides is 1. The molecule has 2 saturated carbocycles. The summed E-state index contributed by atoms with van der Waals surface area (Å²) < 4.78 is 117. The maximum absolute atomic E-state index is 15.0. The van der Waals surface area contributed by atoms with Crippen LogP contribution in [0, 0.1) is 5.92 Å². The Kier molecular flexibility index (Phi) is 12.3. The summed E-state index contributed by atoms with van der Waals surface area (Å²) >= 11 is 0. The lowest BCUT2D eigenvalue weighted by Crippen LogP contribution is -2.70. The Hall–Kier alpha value is -4.79. The Bertz CT molecular complexity index is 2420. The average molecular weight is 953 g/mol. The molecule has 21 heteroatoms. The first kappa shape index (κ1) is 47.7. The van der Waals surface area contributed by atoms with Crippen molar-refractivity contribution in [1.29, 1.82) is 0 Å². The standard InChI is InChI=1S/C45H57F5N6O9S/c1-40(2,3)65-39(60)52-32-11-9-7-5-6-8-10-27-14-17-44(27,38(59)54-66(61,62)41(4)18-19-41)53-36(57)33-23-42(24-56(33)37(32)58)16-15-29-30-22-28(63-21-20-55-25-43(46,47)26-55)12-13-31(30)51-35(34(29)64-42)45(48,49)50/h8,10,12-13,22,27,32-33H,5-7,9,11,14-21,23-26H2,1-4H3,(H,52,60)(H,53,57)(H,54,59)/b10-8-/t27-,32+,33+,42-,44-/m1/s1. The molecule has 2 aromatic rings. The van der Waals surface area contributed by atoms with Gasteiger partial charge in [0, 0.05) is 29.8 Å². The minimum absolute atomic E-state index is 0.00503. The Morgan fingerprint density at radius 2 is 1.76 bits per heavy atom. The van der Waals surface area contributed by atoms with E-state index < -0.39 is 110 Å². The number of alkyl carbamates (subject to hydrolysis) is 1. The van der Waals surface area contributed by atoms with Gasteiger partial charge in [-0.2, -0.15) is 13.2 Å². The number of ether oxygens (including phenoxy) is 3. The number of hydrogen-bond donors (Lipinski definition) is 3. The van der Waals surface area contributed by atoms with Gasteiger partial charge in [0.1, 0.15) is 41.2 Å². The highest BCUT2D eigenvalue weighted by atomic mass is 32.2. The van der Waals surface area contributed by atoms with E-state index in [2.05, 4.69) is 20.3 Å². The maximum Gasteiger partial charge on any atom is 0.437 e. The number of aromatic nitrogens is 1. The van der Waals surface area contributed by atoms with Crippen molar-refractivity contribution in [2.24, 2.45) is 5.92 Å². The number of benzene rings is 1. The molecule has 4 amide bonds. The van der Waals surface area contributed by atoms with Crippen LogP contribution in [0.2, 0.25) is 0 Å². The highest BCUT2D eigenvalue weighted by Crippen LogP contribution is 2.50. The van der Waals surface area contributed by atoms with Crippen LogP contribution >= 0.6 is 0 Å². The molecule has 1 aromatic heterocycles. The van der Waals surface area contributed by atoms with Crippen LogP contribution in [0.4, 0.5) is 26.7 Å². The molecular formula is C45H57F5N6O9S. The topological polar surface area (TPSA) is 186 Å². The van der Waals surface area contributed by atoms with E-state index in [4.69, 9.17) is 14.2 Å². The predicted molar refractivity (Wildman–Crippen MR) is 229 cm³/mol. The Morgan fingerprint density at radius 1 is 1.02 bits per heavy atom. The van der Waals surface area contributed by atoms with Gasteiger partial charge in [0.25, 0.3) is 11.8 Å². The lowest BCUT2D eigenvalue weighted by molar-refractivity contribution is -0.145. The number of halogens is 5. The van der Waals surface area contributed by atoms with Crippen LogP contribution in [-0.2, 0) is 41.7 Å². The number of hydrogen-bond acceptors (Lipinski definition) is 11. The molecule has 0 unspecified atom stereocenters. The van der Waals surface area contributed by atoms with Crippen molar-refractivity contribution in [3.8, 4) is 11.5 Å². The summed E-state index contributed by atoms with van der Waals surface area (Å²) in [7, 11) is -4.14. The summed E-state index contributed by atoms with van der Waals surface area (Å²) in [5, 5.41) is 5.80. The van der Waals surface area contributed by atoms with E-state index in [9.17, 15) is 49.5 Å². The summed E-state index contributed by atoms with van der Waals surface area (Å²) in [6, 6.07) is 1.67. The quantitative estimate of drug-likeness (QED) is 0.211. The largest absolute Gasteiger partial charge is 0.492 e. The van der Waals surface area contributed by atoms with Gasteiger partial charge in [-0.1, -0.05) is 25.0 Å². The minimum Gasteiger partial charge on any atom is -0.492 e. The number of nitrogens with one attached hydrogen (secondary N) is 3. The number of allylic oxidation sites excluding steroid dienone is 1. The number of aryl methyl sites for hydroxylation is 1. The Labute approximate surface area is 379 Å². The van der Waals surface area contributed by atoms with Gasteiger partial charge in [-0.05, 0) is 104 Å². The third-order valence-corrected chi connectivity index (χ3v) is 15.9. The second-order valence-electron chi connectivity index (χ2n) is 20.1. The molecular weight excluding hydrogens is 896 g/mol. The molecule has 5 heterocycles. The summed E-state index contributed by atoms with van der Waals surface area (Å²) in [5.41, 5.74) is -5.42. The first-order chi connectivity index (χ1) is 30.8. The zero-order valence-corrected chi connectivity index (χ0v) is 38.3. The number of likely N-dealkylation sites (tertiary alicyclic amines) is 1. The minimum atomic E-state index is -5.01. The zero-order valence-electron chi connectivity index (χ0n) is 37.5. The fraction of sp³-hybridized carbons (Fsp3) is 0.667. The van der Waals surface area contributed by atoms with Crippen molar-refractivity contribution < 1.29 is 63.8 Å². The molecule has 2 saturated heterocycles. The molecule has 3 N–H and O–H groups in total. The van der Waals surface area contributed by atoms with E-state index in [1.165, 1.54) is 34.9 Å². The van der Waals surface area contributed by atoms with Crippen LogP contribution in [0.15, 0.2) is 30.4 Å². The number of pyridine rings is 1. The molecule has 1 spiro atoms. The highest BCUT2D eigenvalue weighted by molar-refractivity contribution is 7.91. The first-order valence-corrected chi connectivity index (χ1v) is 24.1. The van der Waals surface area contributed by atoms with Crippen molar-refractivity contribution >= 4 is 44.7 Å². The van der Waals surface area contributed by atoms with Gasteiger partial charge in [-0.25, -0.2) is 27.0 Å². The van der Waals surface area contributed by atoms with E-state index in [0.717, 1.165) is 0 Å². The molecule has 5 atom stereocenters. The molecule has 4 fully saturated rings. The highest BCUT2D eigenvalue weighted by Gasteiger charge is 2.60. The van der Waals surface area contributed by atoms with E-state index in [0.29, 0.717) is 50.3 Å². The summed E-state index contributed by atoms with van der Waals surface area (Å²) in [4.78, 5) is 63.9. The lowest BCUT2D eigenvalue weighted by atomic mass is 9.65. The molecule has 6 aliphatic rings. The summed E-state index contributed by atoms with van der Waals surface area (Å²) in [5.74, 6) is -6.17. The van der Waals surface area contributed by atoms with E-state index >= 15 is 0 Å². The third-order valence-electron chi connectivity index (χ3n) is 13.8. The fourth-order valence-electron chi connectivity index (χ4n) is 9.67. The fourth-order valence-corrected chi connectivity index (χ4v) is 11.0. The van der Waals surface area contributed by atoms with Crippen LogP contribution in [0.25, 0.3) is 10.9 Å². The van der Waals surface area contributed by atoms with Crippen LogP contribution in [-0.4, -0.2) is 119 Å². The van der Waals surface area contributed by atoms with Crippen molar-refractivity contribution in [2.45, 2.75) is 150 Å². The number of fused-ring (bicyclic) bond motifs is 5. The smallest absolute Gasteiger partial charge is 0.437 e. The Balaban J connectivity index is 1.14. The zero-order chi connectivity index (χ0) is 47.7. The van der Waals surface area contributed by atoms with Crippen LogP contribution in [0.5, 0.6) is 11.5 Å². The van der Waals surface area contributed by atoms with Crippen LogP contribution in [0.1, 0.15) is 110 Å². The van der Waals surface area contributed by atoms with Crippen molar-refractivity contribution in [1.82, 2.24) is 30.1 Å². The Morgan fingerprint density at radius 3 is 2.41 bits per heavy atom.